The minimum atomic E-state index is -0.184. The molecule has 1 fully saturated rings. The summed E-state index contributed by atoms with van der Waals surface area (Å²) in [5, 5.41) is 11.3. The molecule has 102 valence electrons. The number of hydrogen-bond acceptors (Lipinski definition) is 4. The monoisotopic (exact) mass is 278 g/mol. The molecule has 1 aromatic rings. The summed E-state index contributed by atoms with van der Waals surface area (Å²) in [4.78, 5) is 18.5. The fourth-order valence-electron chi connectivity index (χ4n) is 2.23. The van der Waals surface area contributed by atoms with E-state index in [4.69, 9.17) is 0 Å². The van der Waals surface area contributed by atoms with Gasteiger partial charge in [-0.15, -0.1) is 11.3 Å². The molecule has 2 rings (SSSR count). The van der Waals surface area contributed by atoms with Crippen LogP contribution in [0.25, 0.3) is 0 Å². The van der Waals surface area contributed by atoms with Crippen molar-refractivity contribution in [2.75, 3.05) is 40.3 Å². The molecule has 0 saturated carbocycles. The van der Waals surface area contributed by atoms with Crippen molar-refractivity contribution in [3.05, 3.63) is 22.4 Å². The fourth-order valence-corrected chi connectivity index (χ4v) is 3.03. The van der Waals surface area contributed by atoms with E-state index in [9.17, 15) is 10.1 Å². The van der Waals surface area contributed by atoms with Gasteiger partial charge in [-0.1, -0.05) is 6.07 Å². The molecule has 0 spiro atoms. The Hall–Kier alpha value is -1.58. The number of carbonyl (C=O) groups is 1. The highest BCUT2D eigenvalue weighted by molar-refractivity contribution is 7.10. The van der Waals surface area contributed by atoms with E-state index < -0.39 is 0 Å². The lowest BCUT2D eigenvalue weighted by atomic mass is 10.2. The van der Waals surface area contributed by atoms with Crippen LogP contribution in [-0.4, -0.2) is 61.0 Å². The van der Waals surface area contributed by atoms with Gasteiger partial charge >= 0.3 is 6.03 Å². The van der Waals surface area contributed by atoms with Crippen LogP contribution in [0.3, 0.4) is 0 Å². The number of piperazine rings is 1. The Bertz CT molecular complexity index is 457. The SMILES string of the molecule is CN(C)C(=O)N1CCN(C(C#N)c2cccs2)CC1. The van der Waals surface area contributed by atoms with E-state index in [1.165, 1.54) is 0 Å². The number of rotatable bonds is 2. The molecule has 0 N–H and O–H groups in total. The number of urea groups is 1. The highest BCUT2D eigenvalue weighted by Gasteiger charge is 2.27. The van der Waals surface area contributed by atoms with Crippen molar-refractivity contribution in [3.63, 3.8) is 0 Å². The first-order chi connectivity index (χ1) is 9.13. The predicted octanol–water partition coefficient (Wildman–Crippen LogP) is 1.61. The average molecular weight is 278 g/mol. The third-order valence-electron chi connectivity index (χ3n) is 3.27. The normalized spacial score (nSPS) is 17.8. The smallest absolute Gasteiger partial charge is 0.319 e. The second-order valence-corrected chi connectivity index (χ2v) is 5.73. The van der Waals surface area contributed by atoms with Gasteiger partial charge in [0.1, 0.15) is 6.04 Å². The molecule has 2 heterocycles. The van der Waals surface area contributed by atoms with Gasteiger partial charge in [0.15, 0.2) is 0 Å². The van der Waals surface area contributed by atoms with Gasteiger partial charge in [-0.3, -0.25) is 4.90 Å². The molecule has 1 aliphatic rings. The molecule has 6 heteroatoms. The molecule has 0 aliphatic carbocycles. The van der Waals surface area contributed by atoms with Crippen molar-refractivity contribution in [1.29, 1.82) is 5.26 Å². The van der Waals surface area contributed by atoms with Gasteiger partial charge in [-0.2, -0.15) is 5.26 Å². The van der Waals surface area contributed by atoms with Crippen LogP contribution in [0.2, 0.25) is 0 Å². The quantitative estimate of drug-likeness (QED) is 0.826. The third kappa shape index (κ3) is 3.06. The van der Waals surface area contributed by atoms with E-state index in [0.29, 0.717) is 13.1 Å². The zero-order valence-corrected chi connectivity index (χ0v) is 12.1. The predicted molar refractivity (Wildman–Crippen MR) is 74.9 cm³/mol. The lowest BCUT2D eigenvalue weighted by Gasteiger charge is -2.37. The van der Waals surface area contributed by atoms with Gasteiger partial charge < -0.3 is 9.80 Å². The zero-order valence-electron chi connectivity index (χ0n) is 11.2. The molecule has 5 nitrogen and oxygen atoms in total. The maximum atomic E-state index is 11.8. The van der Waals surface area contributed by atoms with Gasteiger partial charge in [-0.05, 0) is 11.4 Å². The first-order valence-corrected chi connectivity index (χ1v) is 7.14. The van der Waals surface area contributed by atoms with Gasteiger partial charge in [0, 0.05) is 45.2 Å². The molecule has 0 bridgehead atoms. The van der Waals surface area contributed by atoms with E-state index in [1.807, 2.05) is 22.4 Å². The second kappa shape index (κ2) is 6.04. The second-order valence-electron chi connectivity index (χ2n) is 4.75. The summed E-state index contributed by atoms with van der Waals surface area (Å²) in [6, 6.07) is 6.19. The number of amides is 2. The van der Waals surface area contributed by atoms with Crippen LogP contribution in [0.1, 0.15) is 10.9 Å². The number of carbonyl (C=O) groups excluding carboxylic acids is 1. The Morgan fingerprint density at radius 3 is 2.58 bits per heavy atom. The number of nitriles is 1. The lowest BCUT2D eigenvalue weighted by molar-refractivity contribution is 0.112. The van der Waals surface area contributed by atoms with Crippen molar-refractivity contribution in [3.8, 4) is 6.07 Å². The van der Waals surface area contributed by atoms with Crippen LogP contribution in [0.15, 0.2) is 17.5 Å². The molecule has 1 aromatic heterocycles. The van der Waals surface area contributed by atoms with Crippen LogP contribution in [0.5, 0.6) is 0 Å². The molecule has 0 radical (unpaired) electrons. The molecule has 2 amide bonds. The highest BCUT2D eigenvalue weighted by atomic mass is 32.1. The van der Waals surface area contributed by atoms with Crippen molar-refractivity contribution >= 4 is 17.4 Å². The maximum Gasteiger partial charge on any atom is 0.319 e. The summed E-state index contributed by atoms with van der Waals surface area (Å²) in [6.07, 6.45) is 0. The largest absolute Gasteiger partial charge is 0.331 e. The molecule has 1 saturated heterocycles. The van der Waals surface area contributed by atoms with Crippen LogP contribution < -0.4 is 0 Å². The van der Waals surface area contributed by atoms with E-state index >= 15 is 0 Å². The van der Waals surface area contributed by atoms with Crippen LogP contribution >= 0.6 is 11.3 Å². The lowest BCUT2D eigenvalue weighted by Crippen LogP contribution is -2.51. The molecule has 19 heavy (non-hydrogen) atoms. The van der Waals surface area contributed by atoms with Crippen molar-refractivity contribution in [2.24, 2.45) is 0 Å². The van der Waals surface area contributed by atoms with Crippen LogP contribution in [0.4, 0.5) is 4.79 Å². The molecule has 0 aromatic carbocycles. The molecule has 1 atom stereocenters. The summed E-state index contributed by atoms with van der Waals surface area (Å²) < 4.78 is 0. The summed E-state index contributed by atoms with van der Waals surface area (Å²) in [6.45, 7) is 2.85. The van der Waals surface area contributed by atoms with E-state index in [1.54, 1.807) is 30.3 Å². The van der Waals surface area contributed by atoms with Crippen LogP contribution in [-0.2, 0) is 0 Å². The van der Waals surface area contributed by atoms with E-state index in [-0.39, 0.29) is 12.1 Å². The highest BCUT2D eigenvalue weighted by Crippen LogP contribution is 2.25. The average Bonchev–Trinajstić information content (AvgIpc) is 2.93. The standard InChI is InChI=1S/C13H18N4OS/c1-15(2)13(18)17-7-5-16(6-8-17)11(10-14)12-4-3-9-19-12/h3-4,9,11H,5-8H2,1-2H3. The van der Waals surface area contributed by atoms with Gasteiger partial charge in [0.2, 0.25) is 0 Å². The Morgan fingerprint density at radius 2 is 2.11 bits per heavy atom. The zero-order chi connectivity index (χ0) is 13.8. The van der Waals surface area contributed by atoms with E-state index in [2.05, 4.69) is 11.0 Å². The Balaban J connectivity index is 1.96. The molecular weight excluding hydrogens is 260 g/mol. The van der Waals surface area contributed by atoms with Crippen molar-refractivity contribution < 1.29 is 4.79 Å². The Labute approximate surface area is 117 Å². The Kier molecular flexibility index (Phi) is 4.40. The first kappa shape index (κ1) is 13.8. The number of nitrogens with zero attached hydrogens (tertiary/aromatic N) is 4. The summed E-state index contributed by atoms with van der Waals surface area (Å²) in [5.41, 5.74) is 0. The molecule has 1 unspecified atom stereocenters. The minimum Gasteiger partial charge on any atom is -0.331 e. The molecular formula is C13H18N4OS. The summed E-state index contributed by atoms with van der Waals surface area (Å²) >= 11 is 1.61. The fraction of sp³-hybridized carbons (Fsp3) is 0.538. The topological polar surface area (TPSA) is 50.6 Å². The summed E-state index contributed by atoms with van der Waals surface area (Å²) in [7, 11) is 3.52. The summed E-state index contributed by atoms with van der Waals surface area (Å²) in [5.74, 6) is 0. The number of hydrogen-bond donors (Lipinski definition) is 0. The van der Waals surface area contributed by atoms with Crippen molar-refractivity contribution in [2.45, 2.75) is 6.04 Å². The van der Waals surface area contributed by atoms with Gasteiger partial charge in [0.25, 0.3) is 0 Å². The molecule has 1 aliphatic heterocycles. The Morgan fingerprint density at radius 1 is 1.42 bits per heavy atom. The first-order valence-electron chi connectivity index (χ1n) is 6.27. The van der Waals surface area contributed by atoms with Crippen molar-refractivity contribution in [1.82, 2.24) is 14.7 Å². The van der Waals surface area contributed by atoms with E-state index in [0.717, 1.165) is 18.0 Å². The maximum absolute atomic E-state index is 11.8. The third-order valence-corrected chi connectivity index (χ3v) is 4.19. The van der Waals surface area contributed by atoms with Crippen LogP contribution in [0, 0.1) is 11.3 Å². The van der Waals surface area contributed by atoms with Gasteiger partial charge in [-0.25, -0.2) is 4.79 Å². The number of thiophene rings is 1. The van der Waals surface area contributed by atoms with Gasteiger partial charge in [0.05, 0.1) is 6.07 Å². The minimum absolute atomic E-state index is 0.0456.